The van der Waals surface area contributed by atoms with E-state index in [1.165, 1.54) is 0 Å². The van der Waals surface area contributed by atoms with Crippen LogP contribution in [0.4, 0.5) is 0 Å². The van der Waals surface area contributed by atoms with Gasteiger partial charge >= 0.3 is 5.97 Å². The Morgan fingerprint density at radius 3 is 2.76 bits per heavy atom. The third-order valence-corrected chi connectivity index (χ3v) is 3.64. The van der Waals surface area contributed by atoms with Crippen molar-refractivity contribution in [3.05, 3.63) is 0 Å². The van der Waals surface area contributed by atoms with Crippen LogP contribution in [0.25, 0.3) is 0 Å². The molecule has 98 valence electrons. The average molecular weight is 242 g/mol. The predicted octanol–water partition coefficient (Wildman–Crippen LogP) is 0.875. The molecule has 17 heavy (non-hydrogen) atoms. The number of hydrogen-bond acceptors (Lipinski definition) is 3. The molecule has 0 heterocycles. The van der Waals surface area contributed by atoms with Crippen molar-refractivity contribution in [2.75, 3.05) is 6.54 Å². The fourth-order valence-corrected chi connectivity index (χ4v) is 2.35. The van der Waals surface area contributed by atoms with Gasteiger partial charge in [0.1, 0.15) is 0 Å². The number of carbonyl (C=O) groups excluding carboxylic acids is 1. The van der Waals surface area contributed by atoms with E-state index in [1.807, 2.05) is 0 Å². The number of rotatable bonds is 5. The van der Waals surface area contributed by atoms with Gasteiger partial charge in [0, 0.05) is 12.5 Å². The predicted molar refractivity (Wildman–Crippen MR) is 64.4 cm³/mol. The van der Waals surface area contributed by atoms with E-state index in [2.05, 4.69) is 5.32 Å². The fraction of sp³-hybridized carbons (Fsp3) is 0.833. The summed E-state index contributed by atoms with van der Waals surface area (Å²) < 4.78 is 0. The maximum absolute atomic E-state index is 11.6. The van der Waals surface area contributed by atoms with Gasteiger partial charge in [0.15, 0.2) is 0 Å². The van der Waals surface area contributed by atoms with Crippen LogP contribution in [-0.4, -0.2) is 29.6 Å². The molecule has 1 fully saturated rings. The Kier molecular flexibility index (Phi) is 4.93. The third-order valence-electron chi connectivity index (χ3n) is 3.64. The van der Waals surface area contributed by atoms with E-state index in [4.69, 9.17) is 5.73 Å². The lowest BCUT2D eigenvalue weighted by atomic mass is 9.71. The molecule has 4 N–H and O–H groups in total. The van der Waals surface area contributed by atoms with Gasteiger partial charge in [-0.1, -0.05) is 12.8 Å². The third kappa shape index (κ3) is 3.43. The summed E-state index contributed by atoms with van der Waals surface area (Å²) in [4.78, 5) is 22.9. The molecule has 2 atom stereocenters. The number of carboxylic acid groups (broad SMARTS) is 1. The van der Waals surface area contributed by atoms with E-state index in [0.29, 0.717) is 25.8 Å². The Labute approximate surface area is 102 Å². The van der Waals surface area contributed by atoms with Gasteiger partial charge in [-0.25, -0.2) is 0 Å². The second-order valence-electron chi connectivity index (χ2n) is 4.98. The molecule has 0 aliphatic heterocycles. The number of carbonyl (C=O) groups is 2. The number of amides is 1. The lowest BCUT2D eigenvalue weighted by molar-refractivity contribution is -0.152. The average Bonchev–Trinajstić information content (AvgIpc) is 2.29. The Morgan fingerprint density at radius 1 is 1.47 bits per heavy atom. The van der Waals surface area contributed by atoms with Crippen LogP contribution in [0.2, 0.25) is 0 Å². The van der Waals surface area contributed by atoms with Crippen molar-refractivity contribution in [3.8, 4) is 0 Å². The molecule has 0 aromatic carbocycles. The molecule has 0 aromatic heterocycles. The zero-order valence-corrected chi connectivity index (χ0v) is 10.4. The molecule has 1 amide bonds. The van der Waals surface area contributed by atoms with Gasteiger partial charge in [-0.15, -0.1) is 0 Å². The molecule has 0 saturated heterocycles. The molecule has 5 heteroatoms. The second kappa shape index (κ2) is 6.00. The van der Waals surface area contributed by atoms with E-state index >= 15 is 0 Å². The zero-order valence-electron chi connectivity index (χ0n) is 10.4. The van der Waals surface area contributed by atoms with Crippen molar-refractivity contribution >= 4 is 11.9 Å². The fourth-order valence-electron chi connectivity index (χ4n) is 2.35. The number of hydrogen-bond donors (Lipinski definition) is 3. The van der Waals surface area contributed by atoms with Crippen LogP contribution in [0.3, 0.4) is 0 Å². The first-order valence-corrected chi connectivity index (χ1v) is 6.23. The topological polar surface area (TPSA) is 92.4 Å². The van der Waals surface area contributed by atoms with Crippen LogP contribution in [0.15, 0.2) is 0 Å². The molecular formula is C12H22N2O3. The van der Waals surface area contributed by atoms with Gasteiger partial charge in [-0.05, 0) is 32.7 Å². The molecule has 1 aliphatic carbocycles. The van der Waals surface area contributed by atoms with E-state index in [9.17, 15) is 14.7 Å². The summed E-state index contributed by atoms with van der Waals surface area (Å²) in [6.45, 7) is 2.21. The largest absolute Gasteiger partial charge is 0.481 e. The highest BCUT2D eigenvalue weighted by Gasteiger charge is 2.43. The summed E-state index contributed by atoms with van der Waals surface area (Å²) in [5.74, 6) is -0.906. The van der Waals surface area contributed by atoms with Crippen molar-refractivity contribution in [1.29, 1.82) is 0 Å². The van der Waals surface area contributed by atoms with E-state index in [-0.39, 0.29) is 11.9 Å². The van der Waals surface area contributed by atoms with Crippen molar-refractivity contribution in [2.24, 2.45) is 11.1 Å². The first-order chi connectivity index (χ1) is 8.00. The maximum Gasteiger partial charge on any atom is 0.311 e. The van der Waals surface area contributed by atoms with Crippen LogP contribution in [0.1, 0.15) is 45.4 Å². The molecule has 0 radical (unpaired) electrons. The van der Waals surface area contributed by atoms with Gasteiger partial charge in [0.05, 0.1) is 5.41 Å². The Balaban J connectivity index is 2.60. The molecule has 0 spiro atoms. The SMILES string of the molecule is CC1(C(=O)O)CCCCC1NC(=O)CCCN. The van der Waals surface area contributed by atoms with Crippen LogP contribution in [0, 0.1) is 5.41 Å². The quantitative estimate of drug-likeness (QED) is 0.667. The Hall–Kier alpha value is -1.10. The number of aliphatic carboxylic acids is 1. The van der Waals surface area contributed by atoms with Crippen LogP contribution >= 0.6 is 0 Å². The summed E-state index contributed by atoms with van der Waals surface area (Å²) in [5, 5.41) is 12.1. The zero-order chi connectivity index (χ0) is 12.9. The second-order valence-corrected chi connectivity index (χ2v) is 4.98. The minimum Gasteiger partial charge on any atom is -0.481 e. The van der Waals surface area contributed by atoms with Crippen LogP contribution < -0.4 is 11.1 Å². The smallest absolute Gasteiger partial charge is 0.311 e. The van der Waals surface area contributed by atoms with E-state index in [0.717, 1.165) is 19.3 Å². The van der Waals surface area contributed by atoms with Crippen LogP contribution in [-0.2, 0) is 9.59 Å². The van der Waals surface area contributed by atoms with Crippen LogP contribution in [0.5, 0.6) is 0 Å². The monoisotopic (exact) mass is 242 g/mol. The number of carboxylic acids is 1. The first-order valence-electron chi connectivity index (χ1n) is 6.23. The molecule has 1 rings (SSSR count). The van der Waals surface area contributed by atoms with Crippen molar-refractivity contribution in [3.63, 3.8) is 0 Å². The lowest BCUT2D eigenvalue weighted by Crippen LogP contribution is -2.52. The lowest BCUT2D eigenvalue weighted by Gasteiger charge is -2.38. The summed E-state index contributed by atoms with van der Waals surface area (Å²) in [6, 6.07) is -0.251. The highest BCUT2D eigenvalue weighted by atomic mass is 16.4. The first kappa shape index (κ1) is 14.0. The van der Waals surface area contributed by atoms with Crippen molar-refractivity contribution in [2.45, 2.75) is 51.5 Å². The molecular weight excluding hydrogens is 220 g/mol. The minimum absolute atomic E-state index is 0.0881. The minimum atomic E-state index is -0.823. The highest BCUT2D eigenvalue weighted by Crippen LogP contribution is 2.36. The Morgan fingerprint density at radius 2 is 2.18 bits per heavy atom. The van der Waals surface area contributed by atoms with E-state index in [1.54, 1.807) is 6.92 Å². The standard InChI is InChI=1S/C12H22N2O3/c1-12(11(16)17)7-3-2-5-9(12)14-10(15)6-4-8-13/h9H,2-8,13H2,1H3,(H,14,15)(H,16,17). The van der Waals surface area contributed by atoms with Gasteiger partial charge in [0.2, 0.25) is 5.91 Å². The van der Waals surface area contributed by atoms with E-state index < -0.39 is 11.4 Å². The highest BCUT2D eigenvalue weighted by molar-refractivity contribution is 5.79. The van der Waals surface area contributed by atoms with Gasteiger partial charge in [-0.2, -0.15) is 0 Å². The van der Waals surface area contributed by atoms with Gasteiger partial charge in [-0.3, -0.25) is 9.59 Å². The summed E-state index contributed by atoms with van der Waals surface area (Å²) in [7, 11) is 0. The number of nitrogens with two attached hydrogens (primary N) is 1. The van der Waals surface area contributed by atoms with Crippen molar-refractivity contribution in [1.82, 2.24) is 5.32 Å². The maximum atomic E-state index is 11.6. The summed E-state index contributed by atoms with van der Waals surface area (Å²) in [5.41, 5.74) is 4.51. The summed E-state index contributed by atoms with van der Waals surface area (Å²) in [6.07, 6.45) is 4.29. The van der Waals surface area contributed by atoms with Gasteiger partial charge < -0.3 is 16.2 Å². The Bertz CT molecular complexity index is 293. The van der Waals surface area contributed by atoms with Crippen molar-refractivity contribution < 1.29 is 14.7 Å². The normalized spacial score (nSPS) is 28.7. The molecule has 5 nitrogen and oxygen atoms in total. The molecule has 2 unspecified atom stereocenters. The summed E-state index contributed by atoms with van der Waals surface area (Å²) >= 11 is 0. The molecule has 1 saturated carbocycles. The van der Waals surface area contributed by atoms with Gasteiger partial charge in [0.25, 0.3) is 0 Å². The molecule has 1 aliphatic rings. The number of nitrogens with one attached hydrogen (secondary N) is 1. The molecule has 0 aromatic rings. The molecule has 0 bridgehead atoms.